The number of carbonyl (C=O) groups is 2. The van der Waals surface area contributed by atoms with Crippen molar-refractivity contribution in [2.45, 2.75) is 55.7 Å². The zero-order valence-electron chi connectivity index (χ0n) is 25.8. The van der Waals surface area contributed by atoms with E-state index in [2.05, 4.69) is 11.4 Å². The number of amides is 2. The summed E-state index contributed by atoms with van der Waals surface area (Å²) in [5.74, 6) is -0.383. The molecule has 6 rings (SSSR count). The lowest BCUT2D eigenvalue weighted by Crippen LogP contribution is -2.44. The molecule has 2 amide bonds. The number of likely N-dealkylation sites (tertiary alicyclic amines) is 1. The van der Waals surface area contributed by atoms with Crippen LogP contribution in [0, 0.1) is 23.1 Å². The number of anilines is 1. The molecule has 2 aliphatic rings. The van der Waals surface area contributed by atoms with Crippen LogP contribution in [0.1, 0.15) is 59.9 Å². The Labute approximate surface area is 278 Å². The van der Waals surface area contributed by atoms with Crippen molar-refractivity contribution >= 4 is 29.1 Å². The van der Waals surface area contributed by atoms with Gasteiger partial charge in [0.05, 0.1) is 29.8 Å². The molecule has 1 aliphatic heterocycles. The van der Waals surface area contributed by atoms with E-state index in [0.29, 0.717) is 39.7 Å². The second-order valence-electron chi connectivity index (χ2n) is 12.8. The van der Waals surface area contributed by atoms with Crippen LogP contribution < -0.4 is 11.1 Å². The van der Waals surface area contributed by atoms with E-state index < -0.39 is 34.8 Å². The number of hydrogen-bond donors (Lipinski definition) is 3. The number of nitrogens with zero attached hydrogens (tertiary/aromatic N) is 2. The van der Waals surface area contributed by atoms with E-state index in [1.54, 1.807) is 78.9 Å². The van der Waals surface area contributed by atoms with Crippen LogP contribution >= 0.6 is 11.6 Å². The standard InChI is InChI=1S/C38H36ClFN4O3/c39-31-12-14-32(15-13-31)43-36(46)44-24-37(47,28-6-2-1-3-7-28)22-34(44)35(45)21-27-20-30(11-16-33(27)40)38(42,18-17-25-9-10-25)29-8-4-5-26(19-29)23-41/h1-8,11-16,19-20,25,34,47H,9-10,17-18,21-22,24,42H2,(H,43,46)/t34-,37-,38?/m1/s1. The molecule has 2 fully saturated rings. The minimum absolute atomic E-state index is 0.0473. The van der Waals surface area contributed by atoms with Gasteiger partial charge in [0.2, 0.25) is 0 Å². The smallest absolute Gasteiger partial charge is 0.322 e. The molecule has 240 valence electrons. The number of halogens is 2. The molecule has 1 aliphatic carbocycles. The van der Waals surface area contributed by atoms with E-state index in [1.807, 2.05) is 12.1 Å². The van der Waals surface area contributed by atoms with Crippen molar-refractivity contribution in [1.29, 1.82) is 5.26 Å². The predicted octanol–water partition coefficient (Wildman–Crippen LogP) is 7.05. The fourth-order valence-corrected chi connectivity index (χ4v) is 6.65. The summed E-state index contributed by atoms with van der Waals surface area (Å²) in [5.41, 5.74) is 7.72. The molecular weight excluding hydrogens is 615 g/mol. The van der Waals surface area contributed by atoms with E-state index in [9.17, 15) is 20.0 Å². The van der Waals surface area contributed by atoms with E-state index in [1.165, 1.54) is 11.0 Å². The minimum atomic E-state index is -1.49. The zero-order valence-corrected chi connectivity index (χ0v) is 26.6. The molecule has 1 saturated heterocycles. The van der Waals surface area contributed by atoms with Gasteiger partial charge >= 0.3 is 6.03 Å². The maximum absolute atomic E-state index is 15.5. The SMILES string of the molecule is N#Cc1cccc(C(N)(CCC2CC2)c2ccc(F)c(CC(=O)[C@H]3C[C@](O)(c4ccccc4)CN3C(=O)Nc3ccc(Cl)cc3)c2)c1. The highest BCUT2D eigenvalue weighted by Crippen LogP contribution is 2.41. The van der Waals surface area contributed by atoms with E-state index >= 15 is 4.39 Å². The van der Waals surface area contributed by atoms with Gasteiger partial charge in [-0.2, -0.15) is 5.26 Å². The fourth-order valence-electron chi connectivity index (χ4n) is 6.53. The average Bonchev–Trinajstić information content (AvgIpc) is 3.85. The number of ketones is 1. The molecule has 0 spiro atoms. The van der Waals surface area contributed by atoms with E-state index in [4.69, 9.17) is 17.3 Å². The largest absolute Gasteiger partial charge is 0.383 e. The summed E-state index contributed by atoms with van der Waals surface area (Å²) >= 11 is 6.00. The predicted molar refractivity (Wildman–Crippen MR) is 179 cm³/mol. The number of urea groups is 1. The van der Waals surface area contributed by atoms with Crippen molar-refractivity contribution in [1.82, 2.24) is 4.90 Å². The summed E-state index contributed by atoms with van der Waals surface area (Å²) < 4.78 is 15.5. The van der Waals surface area contributed by atoms with Crippen LogP contribution in [0.15, 0.2) is 97.1 Å². The number of rotatable bonds is 10. The first-order valence-electron chi connectivity index (χ1n) is 15.8. The van der Waals surface area contributed by atoms with Gasteiger partial charge in [0.15, 0.2) is 5.78 Å². The van der Waals surface area contributed by atoms with Crippen LogP contribution in [0.25, 0.3) is 0 Å². The van der Waals surface area contributed by atoms with Gasteiger partial charge in [0.25, 0.3) is 0 Å². The van der Waals surface area contributed by atoms with Gasteiger partial charge < -0.3 is 21.1 Å². The van der Waals surface area contributed by atoms with E-state index in [0.717, 1.165) is 24.8 Å². The van der Waals surface area contributed by atoms with Gasteiger partial charge in [-0.3, -0.25) is 4.79 Å². The van der Waals surface area contributed by atoms with Crippen molar-refractivity contribution in [2.24, 2.45) is 11.7 Å². The Morgan fingerprint density at radius 3 is 2.45 bits per heavy atom. The number of nitrogens with two attached hydrogens (primary N) is 1. The average molecular weight is 651 g/mol. The molecule has 1 unspecified atom stereocenters. The highest BCUT2D eigenvalue weighted by Gasteiger charge is 2.48. The molecular formula is C38H36ClFN4O3. The summed E-state index contributed by atoms with van der Waals surface area (Å²) in [5, 5.41) is 24.6. The Kier molecular flexibility index (Phi) is 9.16. The Balaban J connectivity index is 1.30. The third kappa shape index (κ3) is 7.08. The monoisotopic (exact) mass is 650 g/mol. The van der Waals surface area contributed by atoms with Gasteiger partial charge in [0, 0.05) is 23.6 Å². The molecule has 0 bridgehead atoms. The number of nitriles is 1. The Morgan fingerprint density at radius 1 is 1.02 bits per heavy atom. The number of Topliss-reactive ketones (excluding diaryl/α,β-unsaturated/α-hetero) is 1. The minimum Gasteiger partial charge on any atom is -0.383 e. The maximum atomic E-state index is 15.5. The fraction of sp³-hybridized carbons (Fsp3) is 0.289. The Bertz CT molecular complexity index is 1830. The first-order chi connectivity index (χ1) is 22.6. The zero-order chi connectivity index (χ0) is 33.2. The van der Waals surface area contributed by atoms with Gasteiger partial charge in [-0.05, 0) is 83.5 Å². The van der Waals surface area contributed by atoms with Crippen molar-refractivity contribution in [3.8, 4) is 6.07 Å². The molecule has 1 heterocycles. The first kappa shape index (κ1) is 32.4. The molecule has 4 aromatic carbocycles. The van der Waals surface area contributed by atoms with Crippen LogP contribution in [0.3, 0.4) is 0 Å². The highest BCUT2D eigenvalue weighted by atomic mass is 35.5. The summed E-state index contributed by atoms with van der Waals surface area (Å²) in [7, 11) is 0. The van der Waals surface area contributed by atoms with E-state index in [-0.39, 0.29) is 24.9 Å². The molecule has 47 heavy (non-hydrogen) atoms. The number of benzene rings is 4. The molecule has 0 aromatic heterocycles. The third-order valence-electron chi connectivity index (χ3n) is 9.45. The quantitative estimate of drug-likeness (QED) is 0.170. The molecule has 9 heteroatoms. The summed E-state index contributed by atoms with van der Waals surface area (Å²) in [6.07, 6.45) is 3.42. The molecule has 7 nitrogen and oxygen atoms in total. The van der Waals surface area contributed by atoms with Gasteiger partial charge in [-0.15, -0.1) is 0 Å². The summed E-state index contributed by atoms with van der Waals surface area (Å²) in [6.45, 7) is -0.127. The van der Waals surface area contributed by atoms with Crippen LogP contribution in [-0.4, -0.2) is 34.4 Å². The second kappa shape index (κ2) is 13.3. The normalized spacial score (nSPS) is 20.3. The van der Waals surface area contributed by atoms with Crippen LogP contribution in [0.5, 0.6) is 0 Å². The second-order valence-corrected chi connectivity index (χ2v) is 13.2. The molecule has 3 atom stereocenters. The number of β-amino-alcohol motifs (C(OH)–C–C–N with tert-alkyl or cyclic N) is 1. The lowest BCUT2D eigenvalue weighted by molar-refractivity contribution is -0.122. The number of hydrogen-bond acceptors (Lipinski definition) is 5. The molecule has 1 saturated carbocycles. The Morgan fingerprint density at radius 2 is 1.74 bits per heavy atom. The van der Waals surface area contributed by atoms with Crippen LogP contribution in [-0.2, 0) is 22.4 Å². The summed E-state index contributed by atoms with van der Waals surface area (Å²) in [6, 6.07) is 27.8. The van der Waals surface area contributed by atoms with Crippen LogP contribution in [0.2, 0.25) is 5.02 Å². The first-order valence-corrected chi connectivity index (χ1v) is 16.2. The summed E-state index contributed by atoms with van der Waals surface area (Å²) in [4.78, 5) is 29.0. The molecule has 0 radical (unpaired) electrons. The van der Waals surface area contributed by atoms with Crippen molar-refractivity contribution in [3.63, 3.8) is 0 Å². The van der Waals surface area contributed by atoms with Crippen LogP contribution in [0.4, 0.5) is 14.9 Å². The highest BCUT2D eigenvalue weighted by molar-refractivity contribution is 6.30. The van der Waals surface area contributed by atoms with Gasteiger partial charge in [0.1, 0.15) is 11.4 Å². The van der Waals surface area contributed by atoms with Crippen molar-refractivity contribution < 1.29 is 19.1 Å². The number of aliphatic hydroxyl groups is 1. The molecule has 4 aromatic rings. The topological polar surface area (TPSA) is 119 Å². The number of carbonyl (C=O) groups excluding carboxylic acids is 2. The van der Waals surface area contributed by atoms with Crippen molar-refractivity contribution in [3.05, 3.63) is 136 Å². The maximum Gasteiger partial charge on any atom is 0.322 e. The molecule has 4 N–H and O–H groups in total. The van der Waals surface area contributed by atoms with Gasteiger partial charge in [-0.1, -0.05) is 79.0 Å². The number of nitrogens with one attached hydrogen (secondary N) is 1. The Hall–Kier alpha value is -4.55. The third-order valence-corrected chi connectivity index (χ3v) is 9.71. The lowest BCUT2D eigenvalue weighted by Gasteiger charge is -2.32. The van der Waals surface area contributed by atoms with Crippen molar-refractivity contribution in [2.75, 3.05) is 11.9 Å². The van der Waals surface area contributed by atoms with Gasteiger partial charge in [-0.25, -0.2) is 9.18 Å². The lowest BCUT2D eigenvalue weighted by atomic mass is 9.78.